The van der Waals surface area contributed by atoms with Crippen LogP contribution in [-0.2, 0) is 10.8 Å². The molecule has 0 heterocycles. The largest absolute Gasteiger partial charge is 0.310 e. The molecule has 0 N–H and O–H groups in total. The predicted molar refractivity (Wildman–Crippen MR) is 520 cm³/mol. The van der Waals surface area contributed by atoms with Gasteiger partial charge in [0.15, 0.2) is 0 Å². The second-order valence-electron chi connectivity index (χ2n) is 33.8. The molecule has 2 aliphatic carbocycles. The summed E-state index contributed by atoms with van der Waals surface area (Å²) in [6.07, 6.45) is 0. The molecule has 0 amide bonds. The van der Waals surface area contributed by atoms with Crippen LogP contribution in [0.3, 0.4) is 0 Å². The molecule has 2 aliphatic rings. The number of benzene rings is 22. The van der Waals surface area contributed by atoms with Crippen molar-refractivity contribution >= 4 is 154 Å². The van der Waals surface area contributed by atoms with Crippen molar-refractivity contribution in [3.05, 3.63) is 459 Å². The molecule has 4 heteroatoms. The van der Waals surface area contributed by atoms with Crippen LogP contribution in [0.25, 0.3) is 131 Å². The number of anilines is 12. The Bertz CT molecular complexity index is 7330. The molecular weight excluding hydrogens is 1470 g/mol. The first-order valence-corrected chi connectivity index (χ1v) is 42.5. The molecule has 0 spiro atoms. The van der Waals surface area contributed by atoms with Crippen molar-refractivity contribution in [1.82, 2.24) is 0 Å². The van der Waals surface area contributed by atoms with Gasteiger partial charge in [-0.05, 0) is 230 Å². The van der Waals surface area contributed by atoms with E-state index >= 15 is 0 Å². The van der Waals surface area contributed by atoms with Gasteiger partial charge in [-0.1, -0.05) is 355 Å². The number of fused-ring (bicyclic) bond motifs is 8. The van der Waals surface area contributed by atoms with Crippen LogP contribution in [0, 0.1) is 0 Å². The Hall–Kier alpha value is -15.4. The topological polar surface area (TPSA) is 13.0 Å². The molecule has 24 rings (SSSR count). The van der Waals surface area contributed by atoms with E-state index in [0.717, 1.165) is 56.9 Å². The van der Waals surface area contributed by atoms with E-state index in [1.807, 2.05) is 0 Å². The van der Waals surface area contributed by atoms with Crippen molar-refractivity contribution in [2.24, 2.45) is 0 Å². The number of hydrogen-bond donors (Lipinski definition) is 0. The first-order chi connectivity index (χ1) is 60.1. The molecule has 0 fully saturated rings. The highest BCUT2D eigenvalue weighted by molar-refractivity contribution is 6.30. The first kappa shape index (κ1) is 71.9. The van der Waals surface area contributed by atoms with E-state index in [1.165, 1.54) is 164 Å². The lowest BCUT2D eigenvalue weighted by atomic mass is 9.82. The lowest BCUT2D eigenvalue weighted by Gasteiger charge is -2.30. The molecule has 0 saturated carbocycles. The minimum atomic E-state index is -0.105. The van der Waals surface area contributed by atoms with E-state index in [4.69, 9.17) is 0 Å². The third-order valence-corrected chi connectivity index (χ3v) is 26.4. The van der Waals surface area contributed by atoms with E-state index in [2.05, 4.69) is 484 Å². The Morgan fingerprint density at radius 1 is 0.156 bits per heavy atom. The van der Waals surface area contributed by atoms with E-state index in [-0.39, 0.29) is 10.8 Å². The van der Waals surface area contributed by atoms with Crippen molar-refractivity contribution in [3.63, 3.8) is 0 Å². The fraction of sp³-hybridized carbons (Fsp3) is 0.0508. The third-order valence-electron chi connectivity index (χ3n) is 26.4. The van der Waals surface area contributed by atoms with Crippen LogP contribution >= 0.6 is 0 Å². The zero-order chi connectivity index (χ0) is 81.3. The highest BCUT2D eigenvalue weighted by Crippen LogP contribution is 2.56. The molecule has 0 aliphatic heterocycles. The van der Waals surface area contributed by atoms with Gasteiger partial charge in [0.05, 0.1) is 34.1 Å². The van der Waals surface area contributed by atoms with Gasteiger partial charge in [-0.2, -0.15) is 0 Å². The normalized spacial score (nSPS) is 12.9. The van der Waals surface area contributed by atoms with E-state index in [1.54, 1.807) is 0 Å². The minimum absolute atomic E-state index is 0.105. The van der Waals surface area contributed by atoms with E-state index in [9.17, 15) is 0 Å². The van der Waals surface area contributed by atoms with Gasteiger partial charge in [-0.25, -0.2) is 0 Å². The SMILES string of the molecule is CC1(C)c2ccccc2-c2ccc(N(c3ccccc3)c3ccc4ccc5c(N(c6ccccc6)c6ccc7c(c6)C(C)(C)c6ccccc6-7)ccc6ccc3c4c65)cc21.c1ccc(-c2ccc(N(c3cccc4ccccc34)c3ccc4ccc5c(N(c6ccc(-c7ccccc7)cc6)c6cccc7ccccc67)ccc6ccc3c4c65)cc2)cc1. The maximum Gasteiger partial charge on any atom is 0.0540 e. The minimum Gasteiger partial charge on any atom is -0.310 e. The second kappa shape index (κ2) is 28.7. The molecule has 22 aromatic carbocycles. The lowest BCUT2D eigenvalue weighted by Crippen LogP contribution is -2.17. The Morgan fingerprint density at radius 2 is 0.418 bits per heavy atom. The molecule has 0 radical (unpaired) electrons. The highest BCUT2D eigenvalue weighted by Gasteiger charge is 2.38. The lowest BCUT2D eigenvalue weighted by molar-refractivity contribution is 0.660. The van der Waals surface area contributed by atoms with Crippen LogP contribution in [0.15, 0.2) is 437 Å². The Kier molecular flexibility index (Phi) is 16.9. The Labute approximate surface area is 711 Å². The summed E-state index contributed by atoms with van der Waals surface area (Å²) in [5.74, 6) is 0. The van der Waals surface area contributed by atoms with Gasteiger partial charge in [0.1, 0.15) is 0 Å². The van der Waals surface area contributed by atoms with E-state index in [0.29, 0.717) is 0 Å². The van der Waals surface area contributed by atoms with E-state index < -0.39 is 0 Å². The summed E-state index contributed by atoms with van der Waals surface area (Å²) in [4.78, 5) is 9.85. The van der Waals surface area contributed by atoms with Crippen LogP contribution in [-0.4, -0.2) is 0 Å². The summed E-state index contributed by atoms with van der Waals surface area (Å²) in [6, 6.07) is 161. The van der Waals surface area contributed by atoms with Crippen molar-refractivity contribution in [2.45, 2.75) is 38.5 Å². The van der Waals surface area contributed by atoms with Crippen LogP contribution < -0.4 is 19.6 Å². The fourth-order valence-electron chi connectivity index (χ4n) is 20.5. The van der Waals surface area contributed by atoms with Crippen molar-refractivity contribution in [1.29, 1.82) is 0 Å². The average molecular weight is 1560 g/mol. The fourth-order valence-corrected chi connectivity index (χ4v) is 20.5. The first-order valence-electron chi connectivity index (χ1n) is 42.5. The maximum absolute atomic E-state index is 2.46. The molecule has 122 heavy (non-hydrogen) atoms. The van der Waals surface area contributed by atoms with Gasteiger partial charge in [0, 0.05) is 77.3 Å². The van der Waals surface area contributed by atoms with Crippen LogP contribution in [0.4, 0.5) is 68.2 Å². The summed E-state index contributed by atoms with van der Waals surface area (Å²) < 4.78 is 0. The summed E-state index contributed by atoms with van der Waals surface area (Å²) in [7, 11) is 0. The zero-order valence-corrected chi connectivity index (χ0v) is 68.4. The van der Waals surface area contributed by atoms with Gasteiger partial charge < -0.3 is 19.6 Å². The van der Waals surface area contributed by atoms with Crippen molar-refractivity contribution in [3.8, 4) is 44.5 Å². The standard InChI is InChI=1S/C60H40N2.C58H44N2/c1-3-13-41(14-4-1)43-25-33-49(34-26-43)61(55-23-11-19-45-17-7-9-21-51(45)55)57-39-31-47-30-38-54-58(40-32-48-29-37-53(57)59(47)60(48)54)62(56-24-12-20-46-18-8-10-22-52(46)56)50-35-27-44(28-36-50)42-15-5-2-6-16-42;1-57(2)49-21-13-11-19-43(49)45-31-27-41(35-51(45)57)59(39-15-7-5-8-16-39)53-33-25-37-24-30-48-54(34-26-38-23-29-47(53)55(37)56(38)48)60(40-17-9-6-10-18-40)42-28-32-46-44-20-12-14-22-50(44)58(3,4)52(46)36-42/h1-40H;5-36H,1-4H3. The third kappa shape index (κ3) is 11.6. The molecule has 0 aromatic heterocycles. The molecule has 0 atom stereocenters. The molecule has 22 aromatic rings. The molecule has 4 nitrogen and oxygen atoms in total. The Morgan fingerprint density at radius 3 is 0.787 bits per heavy atom. The summed E-state index contributed by atoms with van der Waals surface area (Å²) in [5, 5.41) is 19.8. The van der Waals surface area contributed by atoms with Crippen LogP contribution in [0.1, 0.15) is 49.9 Å². The predicted octanol–water partition coefficient (Wildman–Crippen LogP) is 33.3. The molecule has 0 saturated heterocycles. The molecular formula is C118H84N4. The van der Waals surface area contributed by atoms with Crippen LogP contribution in [0.2, 0.25) is 0 Å². The molecule has 0 unspecified atom stereocenters. The Balaban J connectivity index is 0.000000142. The highest BCUT2D eigenvalue weighted by atomic mass is 15.2. The summed E-state index contributed by atoms with van der Waals surface area (Å²) in [5.41, 5.74) is 29.2. The van der Waals surface area contributed by atoms with Gasteiger partial charge in [0.2, 0.25) is 0 Å². The van der Waals surface area contributed by atoms with Gasteiger partial charge in [-0.3, -0.25) is 0 Å². The molecule has 0 bridgehead atoms. The quantitative estimate of drug-likeness (QED) is 0.101. The monoisotopic (exact) mass is 1560 g/mol. The summed E-state index contributed by atoms with van der Waals surface area (Å²) >= 11 is 0. The number of nitrogens with zero attached hydrogens (tertiary/aromatic N) is 4. The number of hydrogen-bond acceptors (Lipinski definition) is 4. The smallest absolute Gasteiger partial charge is 0.0540 e. The average Bonchev–Trinajstić information content (AvgIpc) is 1.06. The van der Waals surface area contributed by atoms with Crippen LogP contribution in [0.5, 0.6) is 0 Å². The maximum atomic E-state index is 2.46. The number of para-hydroxylation sites is 2. The number of rotatable bonds is 14. The van der Waals surface area contributed by atoms with Crippen molar-refractivity contribution in [2.75, 3.05) is 19.6 Å². The van der Waals surface area contributed by atoms with Gasteiger partial charge in [-0.15, -0.1) is 0 Å². The zero-order valence-electron chi connectivity index (χ0n) is 68.4. The van der Waals surface area contributed by atoms with Gasteiger partial charge >= 0.3 is 0 Å². The summed E-state index contributed by atoms with van der Waals surface area (Å²) in [6.45, 7) is 9.46. The van der Waals surface area contributed by atoms with Gasteiger partial charge in [0.25, 0.3) is 0 Å². The second-order valence-corrected chi connectivity index (χ2v) is 33.8. The van der Waals surface area contributed by atoms with Crippen molar-refractivity contribution < 1.29 is 0 Å². The molecule has 576 valence electrons.